The van der Waals surface area contributed by atoms with E-state index >= 15 is 8.78 Å². The van der Waals surface area contributed by atoms with Crippen molar-refractivity contribution in [1.29, 1.82) is 0 Å². The molecule has 1 saturated carbocycles. The fraction of sp³-hybridized carbons (Fsp3) is 0.406. The third-order valence-electron chi connectivity index (χ3n) is 7.56. The van der Waals surface area contributed by atoms with E-state index in [0.717, 1.165) is 68.5 Å². The van der Waals surface area contributed by atoms with Crippen molar-refractivity contribution in [2.75, 3.05) is 12.3 Å². The Morgan fingerprint density at radius 3 is 2.23 bits per heavy atom. The van der Waals surface area contributed by atoms with Crippen molar-refractivity contribution in [3.05, 3.63) is 92.8 Å². The summed E-state index contributed by atoms with van der Waals surface area (Å²) in [6.07, 6.45) is 5.19. The van der Waals surface area contributed by atoms with Gasteiger partial charge in [-0.2, -0.15) is 0 Å². The number of halogens is 4. The molecule has 3 N–H and O–H groups in total. The summed E-state index contributed by atoms with van der Waals surface area (Å²) in [5.41, 5.74) is 3.63. The van der Waals surface area contributed by atoms with Crippen LogP contribution in [0.3, 0.4) is 0 Å². The number of esters is 1. The molecule has 43 heavy (non-hydrogen) atoms. The van der Waals surface area contributed by atoms with Gasteiger partial charge >= 0.3 is 5.97 Å². The molecule has 7 nitrogen and oxygen atoms in total. The molecule has 0 amide bonds. The maximum Gasteiger partial charge on any atom is 0.323 e. The average Bonchev–Trinajstić information content (AvgIpc) is 3.44. The molecule has 11 heteroatoms. The number of rotatable bonds is 12. The van der Waals surface area contributed by atoms with Crippen LogP contribution < -0.4 is 16.6 Å². The highest BCUT2D eigenvalue weighted by Crippen LogP contribution is 2.26. The number of ketones is 1. The Labute approximate surface area is 247 Å². The average molecular weight is 602 g/mol. The summed E-state index contributed by atoms with van der Waals surface area (Å²) in [5.74, 6) is -5.84. The second kappa shape index (κ2) is 14.0. The first-order valence-corrected chi connectivity index (χ1v) is 14.4. The summed E-state index contributed by atoms with van der Waals surface area (Å²) >= 11 is 0. The van der Waals surface area contributed by atoms with Gasteiger partial charge in [-0.05, 0) is 93.3 Å². The molecule has 4 rings (SSSR count). The van der Waals surface area contributed by atoms with E-state index in [2.05, 4.69) is 19.2 Å². The van der Waals surface area contributed by atoms with Crippen molar-refractivity contribution in [2.24, 2.45) is 5.92 Å². The van der Waals surface area contributed by atoms with Gasteiger partial charge in [0.1, 0.15) is 35.3 Å². The van der Waals surface area contributed by atoms with Gasteiger partial charge in [-0.15, -0.1) is 0 Å². The molecule has 1 aromatic heterocycles. The Balaban J connectivity index is 1.53. The minimum absolute atomic E-state index is 0.0778. The van der Waals surface area contributed by atoms with Crippen molar-refractivity contribution in [3.63, 3.8) is 0 Å². The van der Waals surface area contributed by atoms with Gasteiger partial charge in [-0.25, -0.2) is 17.6 Å². The number of pyridine rings is 1. The molecular weight excluding hydrogens is 566 g/mol. The first-order valence-electron chi connectivity index (χ1n) is 14.4. The number of hydrogen-bond donors (Lipinski definition) is 2. The SMILES string of the molecule is CC(C)CCC(NCCc1cc(F)c(-n2c(N)c(C(=O)c3ccc(F)cc3F)ccc2=O)c(F)c1)C(=O)OC1CCCC1. The molecule has 1 heterocycles. The van der Waals surface area contributed by atoms with Crippen LogP contribution in [-0.4, -0.2) is 35.0 Å². The highest BCUT2D eigenvalue weighted by Gasteiger charge is 2.26. The third kappa shape index (κ3) is 7.70. The van der Waals surface area contributed by atoms with E-state index in [4.69, 9.17) is 10.5 Å². The molecule has 230 valence electrons. The number of ether oxygens (including phenoxy) is 1. The number of nitrogens with two attached hydrogens (primary N) is 1. The first kappa shape index (κ1) is 31.9. The summed E-state index contributed by atoms with van der Waals surface area (Å²) in [6, 6.07) is 5.72. The van der Waals surface area contributed by atoms with E-state index in [1.165, 1.54) is 0 Å². The number of benzene rings is 2. The monoisotopic (exact) mass is 601 g/mol. The predicted molar refractivity (Wildman–Crippen MR) is 154 cm³/mol. The van der Waals surface area contributed by atoms with E-state index < -0.39 is 63.3 Å². The van der Waals surface area contributed by atoms with E-state index in [0.29, 0.717) is 23.0 Å². The van der Waals surface area contributed by atoms with Gasteiger partial charge in [0.25, 0.3) is 5.56 Å². The lowest BCUT2D eigenvalue weighted by Gasteiger charge is -2.21. The van der Waals surface area contributed by atoms with Crippen molar-refractivity contribution in [1.82, 2.24) is 9.88 Å². The molecule has 1 aliphatic carbocycles. The minimum atomic E-state index is -1.16. The Morgan fingerprint density at radius 1 is 0.953 bits per heavy atom. The molecule has 3 aromatic rings. The zero-order chi connectivity index (χ0) is 31.3. The summed E-state index contributed by atoms with van der Waals surface area (Å²) in [6.45, 7) is 4.34. The fourth-order valence-electron chi connectivity index (χ4n) is 5.22. The van der Waals surface area contributed by atoms with Crippen LogP contribution in [-0.2, 0) is 16.0 Å². The molecule has 1 unspecified atom stereocenters. The van der Waals surface area contributed by atoms with Crippen molar-refractivity contribution in [2.45, 2.75) is 70.9 Å². The molecule has 1 fully saturated rings. The van der Waals surface area contributed by atoms with Crippen molar-refractivity contribution >= 4 is 17.6 Å². The third-order valence-corrected chi connectivity index (χ3v) is 7.56. The van der Waals surface area contributed by atoms with Gasteiger partial charge in [0.2, 0.25) is 0 Å². The largest absolute Gasteiger partial charge is 0.461 e. The van der Waals surface area contributed by atoms with E-state index in [-0.39, 0.29) is 30.6 Å². The topological polar surface area (TPSA) is 103 Å². The number of nitrogens with one attached hydrogen (secondary N) is 1. The number of carbonyl (C=O) groups is 2. The second-order valence-electron chi connectivity index (χ2n) is 11.2. The smallest absolute Gasteiger partial charge is 0.323 e. The minimum Gasteiger partial charge on any atom is -0.461 e. The maximum absolute atomic E-state index is 15.3. The number of nitrogens with zero attached hydrogens (tertiary/aromatic N) is 1. The van der Waals surface area contributed by atoms with E-state index in [1.807, 2.05) is 0 Å². The van der Waals surface area contributed by atoms with Crippen LogP contribution in [0.2, 0.25) is 0 Å². The van der Waals surface area contributed by atoms with Crippen LogP contribution in [0.4, 0.5) is 23.4 Å². The Kier molecular flexibility index (Phi) is 10.4. The standard InChI is InChI=1S/C32H35F4N3O4/c1-18(2)7-11-27(32(42)43-21-5-3-4-6-21)38-14-13-19-15-25(35)29(26(36)16-19)39-28(40)12-10-23(31(39)37)30(41)22-9-8-20(33)17-24(22)34/h8-10,12,15-18,21,27,38H,3-7,11,13-14,37H2,1-2H3. The molecule has 0 bridgehead atoms. The zero-order valence-electron chi connectivity index (χ0n) is 24.1. The van der Waals surface area contributed by atoms with Crippen LogP contribution in [0, 0.1) is 29.2 Å². The number of nitrogen functional groups attached to an aromatic ring is 1. The van der Waals surface area contributed by atoms with E-state index in [1.54, 1.807) is 0 Å². The number of carbonyl (C=O) groups excluding carboxylic acids is 2. The van der Waals surface area contributed by atoms with Crippen LogP contribution >= 0.6 is 0 Å². The Bertz CT molecular complexity index is 1530. The molecule has 0 aliphatic heterocycles. The Morgan fingerprint density at radius 2 is 1.60 bits per heavy atom. The van der Waals surface area contributed by atoms with Gasteiger partial charge < -0.3 is 15.8 Å². The predicted octanol–water partition coefficient (Wildman–Crippen LogP) is 5.63. The lowest BCUT2D eigenvalue weighted by Crippen LogP contribution is -2.40. The molecular formula is C32H35F4N3O4. The van der Waals surface area contributed by atoms with Crippen LogP contribution in [0.25, 0.3) is 5.69 Å². The van der Waals surface area contributed by atoms with Crippen LogP contribution in [0.15, 0.2) is 47.3 Å². The van der Waals surface area contributed by atoms with Crippen molar-refractivity contribution < 1.29 is 31.9 Å². The summed E-state index contributed by atoms with van der Waals surface area (Å²) < 4.78 is 64.4. The van der Waals surface area contributed by atoms with Gasteiger partial charge in [0, 0.05) is 12.1 Å². The maximum atomic E-state index is 15.3. The number of anilines is 1. The molecule has 0 saturated heterocycles. The zero-order valence-corrected chi connectivity index (χ0v) is 24.1. The quantitative estimate of drug-likeness (QED) is 0.159. The van der Waals surface area contributed by atoms with Gasteiger partial charge in [0.15, 0.2) is 17.4 Å². The summed E-state index contributed by atoms with van der Waals surface area (Å²) in [5, 5.41) is 3.16. The van der Waals surface area contributed by atoms with Gasteiger partial charge in [-0.1, -0.05) is 13.8 Å². The van der Waals surface area contributed by atoms with Gasteiger partial charge in [-0.3, -0.25) is 19.0 Å². The lowest BCUT2D eigenvalue weighted by atomic mass is 10.0. The van der Waals surface area contributed by atoms with Crippen LogP contribution in [0.1, 0.15) is 73.9 Å². The molecule has 2 aromatic carbocycles. The van der Waals surface area contributed by atoms with Gasteiger partial charge in [0.05, 0.1) is 11.1 Å². The molecule has 1 atom stereocenters. The highest BCUT2D eigenvalue weighted by molar-refractivity contribution is 6.11. The summed E-state index contributed by atoms with van der Waals surface area (Å²) in [4.78, 5) is 38.4. The number of hydrogen-bond acceptors (Lipinski definition) is 6. The second-order valence-corrected chi connectivity index (χ2v) is 11.2. The molecule has 0 spiro atoms. The molecule has 0 radical (unpaired) electrons. The first-order chi connectivity index (χ1) is 20.5. The lowest BCUT2D eigenvalue weighted by molar-refractivity contribution is -0.151. The van der Waals surface area contributed by atoms with E-state index in [9.17, 15) is 23.2 Å². The van der Waals surface area contributed by atoms with Crippen LogP contribution in [0.5, 0.6) is 0 Å². The van der Waals surface area contributed by atoms with Crippen molar-refractivity contribution in [3.8, 4) is 5.69 Å². The number of aromatic nitrogens is 1. The molecule has 1 aliphatic rings. The fourth-order valence-corrected chi connectivity index (χ4v) is 5.22. The highest BCUT2D eigenvalue weighted by atomic mass is 19.1. The Hall–Kier alpha value is -3.99. The summed E-state index contributed by atoms with van der Waals surface area (Å²) in [7, 11) is 0. The normalized spacial score (nSPS) is 14.3.